The number of nitrogens with one attached hydrogen (secondary N) is 2. The summed E-state index contributed by atoms with van der Waals surface area (Å²) in [5.41, 5.74) is 5.74. The Bertz CT molecular complexity index is 1230. The van der Waals surface area contributed by atoms with E-state index in [1.807, 2.05) is 48.5 Å². The average molecular weight is 580 g/mol. The minimum Gasteiger partial charge on any atom is -0.392 e. The Labute approximate surface area is 248 Å². The second kappa shape index (κ2) is 12.8. The van der Waals surface area contributed by atoms with E-state index in [-0.39, 0.29) is 37.6 Å². The van der Waals surface area contributed by atoms with Gasteiger partial charge in [0.2, 0.25) is 11.8 Å². The van der Waals surface area contributed by atoms with Crippen molar-refractivity contribution in [2.24, 2.45) is 10.8 Å². The molecule has 4 N–H and O–H groups in total. The highest BCUT2D eigenvalue weighted by molar-refractivity contribution is 5.91. The number of aliphatic hydroxyl groups excluding tert-OH is 1. The van der Waals surface area contributed by atoms with E-state index in [0.29, 0.717) is 29.0 Å². The Morgan fingerprint density at radius 2 is 1.64 bits per heavy atom. The molecular weight excluding hydrogens is 534 g/mol. The van der Waals surface area contributed by atoms with Gasteiger partial charge in [-0.25, -0.2) is 5.48 Å². The Morgan fingerprint density at radius 1 is 0.952 bits per heavy atom. The second-order valence-corrected chi connectivity index (χ2v) is 13.6. The van der Waals surface area contributed by atoms with Crippen molar-refractivity contribution in [3.8, 4) is 0 Å². The van der Waals surface area contributed by atoms with E-state index >= 15 is 0 Å². The third-order valence-corrected chi connectivity index (χ3v) is 8.98. The Balaban J connectivity index is 1.27. The smallest absolute Gasteiger partial charge is 0.243 e. The van der Waals surface area contributed by atoms with Gasteiger partial charge in [-0.3, -0.25) is 19.7 Å². The molecule has 9 nitrogen and oxygen atoms in total. The molecule has 2 amide bonds. The molecule has 5 rings (SSSR count). The monoisotopic (exact) mass is 579 g/mol. The van der Waals surface area contributed by atoms with Crippen molar-refractivity contribution >= 4 is 17.5 Å². The molecule has 228 valence electrons. The Morgan fingerprint density at radius 3 is 2.33 bits per heavy atom. The molecule has 42 heavy (non-hydrogen) atoms. The number of aliphatic hydroxyl groups is 1. The number of anilines is 1. The predicted octanol–water partition coefficient (Wildman–Crippen LogP) is 5.24. The zero-order valence-corrected chi connectivity index (χ0v) is 25.0. The van der Waals surface area contributed by atoms with Crippen LogP contribution in [0.5, 0.6) is 0 Å². The summed E-state index contributed by atoms with van der Waals surface area (Å²) in [4.78, 5) is 26.1. The van der Waals surface area contributed by atoms with Crippen molar-refractivity contribution in [3.05, 3.63) is 65.2 Å². The van der Waals surface area contributed by atoms with Gasteiger partial charge in [-0.2, -0.15) is 0 Å². The van der Waals surface area contributed by atoms with Gasteiger partial charge in [0.25, 0.3) is 0 Å². The molecule has 0 radical (unpaired) electrons. The van der Waals surface area contributed by atoms with Crippen LogP contribution in [-0.4, -0.2) is 52.3 Å². The van der Waals surface area contributed by atoms with Gasteiger partial charge >= 0.3 is 0 Å². The second-order valence-electron chi connectivity index (χ2n) is 13.6. The number of hydrogen-bond acceptors (Lipinski definition) is 7. The highest BCUT2D eigenvalue weighted by Gasteiger charge is 2.50. The zero-order valence-electron chi connectivity index (χ0n) is 25.0. The van der Waals surface area contributed by atoms with Gasteiger partial charge in [0.1, 0.15) is 0 Å². The fourth-order valence-corrected chi connectivity index (χ4v) is 7.50. The molecule has 3 fully saturated rings. The van der Waals surface area contributed by atoms with Crippen molar-refractivity contribution in [1.82, 2.24) is 10.4 Å². The molecule has 3 aliphatic rings. The number of amides is 2. The summed E-state index contributed by atoms with van der Waals surface area (Å²) in [5.74, 6) is -0.704. The maximum absolute atomic E-state index is 12.3. The Kier molecular flexibility index (Phi) is 9.34. The van der Waals surface area contributed by atoms with Crippen LogP contribution in [0.3, 0.4) is 0 Å². The number of ether oxygens (including phenoxy) is 2. The van der Waals surface area contributed by atoms with Gasteiger partial charge in [-0.1, -0.05) is 57.2 Å². The number of likely N-dealkylation sites (tertiary alicyclic amines) is 1. The minimum absolute atomic E-state index is 0.00646. The molecule has 2 heterocycles. The van der Waals surface area contributed by atoms with E-state index in [4.69, 9.17) is 14.7 Å². The van der Waals surface area contributed by atoms with Crippen LogP contribution in [0, 0.1) is 10.8 Å². The number of fused-ring (bicyclic) bond motifs is 2. The maximum Gasteiger partial charge on any atom is 0.243 e. The van der Waals surface area contributed by atoms with E-state index in [2.05, 4.69) is 31.0 Å². The number of carbonyl (C=O) groups is 2. The predicted molar refractivity (Wildman–Crippen MR) is 158 cm³/mol. The van der Waals surface area contributed by atoms with Crippen LogP contribution >= 0.6 is 0 Å². The first-order chi connectivity index (χ1) is 20.0. The van der Waals surface area contributed by atoms with Crippen LogP contribution in [0.4, 0.5) is 5.69 Å². The van der Waals surface area contributed by atoms with Gasteiger partial charge in [-0.05, 0) is 59.8 Å². The molecule has 2 aliphatic heterocycles. The largest absolute Gasteiger partial charge is 0.392 e. The SMILES string of the molecule is CC1(C)CC2CC(C)(CN2CC2CC(c3ccc(CO)cc3)OC(c3ccc(NC(=O)CCCC(=O)NO)cc3)O2)C1. The first-order valence-corrected chi connectivity index (χ1v) is 15.1. The standard InChI is InChI=1S/C33H45N3O6/c1-32(2)16-26-17-33(3,20-32)21-36(26)18-27-15-28(23-9-7-22(19-37)8-10-23)42-31(41-27)24-11-13-25(14-12-24)34-29(38)5-4-6-30(39)35-40/h7-14,26-28,31,37,40H,4-6,15-21H2,1-3H3,(H,34,38)(H,35,39). The zero-order chi connectivity index (χ0) is 29.9. The normalized spacial score (nSPS) is 28.8. The summed E-state index contributed by atoms with van der Waals surface area (Å²) in [6, 6.07) is 16.0. The maximum atomic E-state index is 12.3. The summed E-state index contributed by atoms with van der Waals surface area (Å²) < 4.78 is 13.1. The molecule has 9 heteroatoms. The van der Waals surface area contributed by atoms with E-state index in [0.717, 1.165) is 36.2 Å². The van der Waals surface area contributed by atoms with Crippen LogP contribution in [0.15, 0.2) is 48.5 Å². The number of benzene rings is 2. The van der Waals surface area contributed by atoms with E-state index < -0.39 is 12.2 Å². The third kappa shape index (κ3) is 7.57. The summed E-state index contributed by atoms with van der Waals surface area (Å²) in [5, 5.41) is 21.0. The van der Waals surface area contributed by atoms with Crippen molar-refractivity contribution in [2.45, 2.75) is 96.9 Å². The highest BCUT2D eigenvalue weighted by Crippen LogP contribution is 2.53. The molecule has 5 atom stereocenters. The highest BCUT2D eigenvalue weighted by atomic mass is 16.7. The van der Waals surface area contributed by atoms with E-state index in [9.17, 15) is 14.7 Å². The number of hydroxylamine groups is 1. The lowest BCUT2D eigenvalue weighted by molar-refractivity contribution is -0.253. The third-order valence-electron chi connectivity index (χ3n) is 8.98. The summed E-state index contributed by atoms with van der Waals surface area (Å²) in [7, 11) is 0. The molecule has 1 aliphatic carbocycles. The molecule has 2 aromatic rings. The van der Waals surface area contributed by atoms with Crippen molar-refractivity contribution in [3.63, 3.8) is 0 Å². The fourth-order valence-electron chi connectivity index (χ4n) is 7.50. The van der Waals surface area contributed by atoms with Gasteiger partial charge in [0.05, 0.1) is 18.8 Å². The fraction of sp³-hybridized carbons (Fsp3) is 0.576. The lowest BCUT2D eigenvalue weighted by Crippen LogP contribution is -2.42. The molecule has 0 spiro atoms. The molecule has 5 unspecified atom stereocenters. The van der Waals surface area contributed by atoms with Crippen LogP contribution in [0.2, 0.25) is 0 Å². The lowest BCUT2D eigenvalue weighted by Gasteiger charge is -2.41. The lowest BCUT2D eigenvalue weighted by atomic mass is 9.65. The number of carbonyl (C=O) groups excluding carboxylic acids is 2. The van der Waals surface area contributed by atoms with Crippen molar-refractivity contribution in [2.75, 3.05) is 18.4 Å². The van der Waals surface area contributed by atoms with Gasteiger partial charge in [-0.15, -0.1) is 0 Å². The van der Waals surface area contributed by atoms with Crippen molar-refractivity contribution < 1.29 is 29.4 Å². The summed E-state index contributed by atoms with van der Waals surface area (Å²) >= 11 is 0. The minimum atomic E-state index is -0.554. The van der Waals surface area contributed by atoms with Crippen LogP contribution in [0.1, 0.15) is 94.8 Å². The summed E-state index contributed by atoms with van der Waals surface area (Å²) in [6.07, 6.45) is 4.36. The van der Waals surface area contributed by atoms with Crippen LogP contribution < -0.4 is 10.8 Å². The molecule has 1 saturated carbocycles. The molecule has 0 aromatic heterocycles. The number of hydrogen-bond donors (Lipinski definition) is 4. The van der Waals surface area contributed by atoms with Crippen LogP contribution in [-0.2, 0) is 25.7 Å². The first-order valence-electron chi connectivity index (χ1n) is 15.1. The molecular formula is C33H45N3O6. The van der Waals surface area contributed by atoms with Gasteiger partial charge in [0, 0.05) is 49.6 Å². The molecule has 2 saturated heterocycles. The van der Waals surface area contributed by atoms with E-state index in [1.54, 1.807) is 5.48 Å². The van der Waals surface area contributed by atoms with E-state index in [1.165, 1.54) is 19.3 Å². The number of nitrogens with zero attached hydrogens (tertiary/aromatic N) is 1. The average Bonchev–Trinajstić information content (AvgIpc) is 3.20. The quantitative estimate of drug-likeness (QED) is 0.224. The van der Waals surface area contributed by atoms with Gasteiger partial charge < -0.3 is 19.9 Å². The van der Waals surface area contributed by atoms with Gasteiger partial charge in [0.15, 0.2) is 6.29 Å². The first kappa shape index (κ1) is 30.6. The summed E-state index contributed by atoms with van der Waals surface area (Å²) in [6.45, 7) is 9.20. The molecule has 2 aromatic carbocycles. The van der Waals surface area contributed by atoms with Crippen molar-refractivity contribution in [1.29, 1.82) is 0 Å². The number of rotatable bonds is 10. The Hall–Kier alpha value is -2.82. The molecule has 2 bridgehead atoms. The van der Waals surface area contributed by atoms with Crippen LogP contribution in [0.25, 0.3) is 0 Å². The topological polar surface area (TPSA) is 120 Å².